The van der Waals surface area contributed by atoms with Gasteiger partial charge in [0.1, 0.15) is 5.75 Å². The zero-order chi connectivity index (χ0) is 16.9. The number of nitrogens with zero attached hydrogens (tertiary/aromatic N) is 4. The molecule has 0 amide bonds. The molecule has 24 heavy (non-hydrogen) atoms. The second-order valence-corrected chi connectivity index (χ2v) is 5.70. The van der Waals surface area contributed by atoms with Gasteiger partial charge in [0.15, 0.2) is 11.0 Å². The van der Waals surface area contributed by atoms with Gasteiger partial charge in [-0.05, 0) is 36.4 Å². The Kier molecular flexibility index (Phi) is 4.76. The first-order valence-electron chi connectivity index (χ1n) is 7.04. The molecule has 1 N–H and O–H groups in total. The molecule has 2 aromatic heterocycles. The lowest BCUT2D eigenvalue weighted by molar-refractivity contribution is -0.133. The van der Waals surface area contributed by atoms with Crippen molar-refractivity contribution in [3.8, 4) is 22.8 Å². The lowest BCUT2D eigenvalue weighted by Crippen LogP contribution is -2.03. The van der Waals surface area contributed by atoms with Crippen LogP contribution in [-0.2, 0) is 4.79 Å². The molecule has 3 aromatic rings. The molecule has 0 radical (unpaired) electrons. The maximum absolute atomic E-state index is 10.9. The van der Waals surface area contributed by atoms with Crippen LogP contribution in [0.1, 0.15) is 0 Å². The van der Waals surface area contributed by atoms with Crippen LogP contribution >= 0.6 is 11.8 Å². The molecule has 0 aliphatic rings. The maximum Gasteiger partial charge on any atom is 0.313 e. The minimum absolute atomic E-state index is 0.0926. The van der Waals surface area contributed by atoms with Gasteiger partial charge in [-0.2, -0.15) is 0 Å². The van der Waals surface area contributed by atoms with Gasteiger partial charge in [0.05, 0.1) is 12.9 Å². The Bertz CT molecular complexity index is 834. The third-order valence-electron chi connectivity index (χ3n) is 3.23. The van der Waals surface area contributed by atoms with Crippen LogP contribution < -0.4 is 4.74 Å². The highest BCUT2D eigenvalue weighted by Crippen LogP contribution is 2.28. The summed E-state index contributed by atoms with van der Waals surface area (Å²) in [6, 6.07) is 11.1. The zero-order valence-electron chi connectivity index (χ0n) is 12.8. The van der Waals surface area contributed by atoms with Crippen LogP contribution in [0, 0.1) is 0 Å². The van der Waals surface area contributed by atoms with Crippen molar-refractivity contribution >= 4 is 17.7 Å². The molecule has 0 saturated heterocycles. The van der Waals surface area contributed by atoms with E-state index in [1.54, 1.807) is 19.5 Å². The third-order valence-corrected chi connectivity index (χ3v) is 4.14. The number of hydrogen-bond donors (Lipinski definition) is 1. The zero-order valence-corrected chi connectivity index (χ0v) is 13.6. The number of aliphatic carboxylic acids is 1. The van der Waals surface area contributed by atoms with Gasteiger partial charge in [0.2, 0.25) is 0 Å². The Morgan fingerprint density at radius 2 is 1.88 bits per heavy atom. The molecule has 122 valence electrons. The van der Waals surface area contributed by atoms with Crippen molar-refractivity contribution in [2.75, 3.05) is 12.9 Å². The molecular formula is C16H14N4O3S. The predicted molar refractivity (Wildman–Crippen MR) is 89.5 cm³/mol. The number of pyridine rings is 1. The van der Waals surface area contributed by atoms with E-state index in [0.29, 0.717) is 11.0 Å². The highest BCUT2D eigenvalue weighted by Gasteiger charge is 2.17. The summed E-state index contributed by atoms with van der Waals surface area (Å²) in [6.07, 6.45) is 3.35. The predicted octanol–water partition coefficient (Wildman–Crippen LogP) is 2.51. The molecule has 0 bridgehead atoms. The summed E-state index contributed by atoms with van der Waals surface area (Å²) < 4.78 is 7.00. The Labute approximate surface area is 142 Å². The molecule has 8 heteroatoms. The molecule has 0 spiro atoms. The first-order valence-corrected chi connectivity index (χ1v) is 8.02. The average Bonchev–Trinajstić information content (AvgIpc) is 3.04. The fraction of sp³-hybridized carbons (Fsp3) is 0.125. The number of thioether (sulfide) groups is 1. The van der Waals surface area contributed by atoms with E-state index in [-0.39, 0.29) is 5.75 Å². The van der Waals surface area contributed by atoms with Crippen LogP contribution in [-0.4, -0.2) is 43.7 Å². The molecule has 0 aliphatic carbocycles. The lowest BCUT2D eigenvalue weighted by atomic mass is 10.2. The summed E-state index contributed by atoms with van der Waals surface area (Å²) in [5, 5.41) is 17.8. The van der Waals surface area contributed by atoms with E-state index >= 15 is 0 Å². The summed E-state index contributed by atoms with van der Waals surface area (Å²) in [7, 11) is 1.60. The summed E-state index contributed by atoms with van der Waals surface area (Å²) >= 11 is 1.12. The molecule has 1 aromatic carbocycles. The molecule has 0 aliphatic heterocycles. The number of carboxylic acids is 1. The topological polar surface area (TPSA) is 90.1 Å². The third kappa shape index (κ3) is 3.38. The first-order chi connectivity index (χ1) is 11.7. The van der Waals surface area contributed by atoms with Crippen LogP contribution in [0.5, 0.6) is 5.75 Å². The maximum atomic E-state index is 10.9. The number of hydrogen-bond acceptors (Lipinski definition) is 6. The van der Waals surface area contributed by atoms with Crippen LogP contribution in [0.3, 0.4) is 0 Å². The van der Waals surface area contributed by atoms with Crippen molar-refractivity contribution in [2.24, 2.45) is 0 Å². The van der Waals surface area contributed by atoms with Crippen molar-refractivity contribution in [3.63, 3.8) is 0 Å². The summed E-state index contributed by atoms with van der Waals surface area (Å²) in [6.45, 7) is 0. The van der Waals surface area contributed by atoms with Gasteiger partial charge in [0, 0.05) is 23.6 Å². The molecule has 0 unspecified atom stereocenters. The number of carboxylic acid groups (broad SMARTS) is 1. The largest absolute Gasteiger partial charge is 0.497 e. The van der Waals surface area contributed by atoms with Crippen LogP contribution in [0.25, 0.3) is 17.1 Å². The molecule has 0 fully saturated rings. The first kappa shape index (κ1) is 16.0. The highest BCUT2D eigenvalue weighted by atomic mass is 32.2. The van der Waals surface area contributed by atoms with E-state index in [1.807, 2.05) is 41.0 Å². The normalized spacial score (nSPS) is 10.5. The van der Waals surface area contributed by atoms with Gasteiger partial charge < -0.3 is 9.84 Å². The summed E-state index contributed by atoms with van der Waals surface area (Å²) in [4.78, 5) is 14.9. The molecule has 2 heterocycles. The minimum Gasteiger partial charge on any atom is -0.497 e. The number of methoxy groups -OCH3 is 1. The smallest absolute Gasteiger partial charge is 0.313 e. The van der Waals surface area contributed by atoms with E-state index in [9.17, 15) is 4.79 Å². The highest BCUT2D eigenvalue weighted by molar-refractivity contribution is 7.99. The van der Waals surface area contributed by atoms with Gasteiger partial charge in [-0.3, -0.25) is 14.3 Å². The second kappa shape index (κ2) is 7.14. The molecule has 7 nitrogen and oxygen atoms in total. The second-order valence-electron chi connectivity index (χ2n) is 4.76. The molecule has 0 atom stereocenters. The van der Waals surface area contributed by atoms with Gasteiger partial charge in [-0.1, -0.05) is 11.8 Å². The Hall–Kier alpha value is -2.87. The molecular weight excluding hydrogens is 328 g/mol. The van der Waals surface area contributed by atoms with E-state index in [2.05, 4.69) is 15.2 Å². The van der Waals surface area contributed by atoms with Gasteiger partial charge >= 0.3 is 5.97 Å². The van der Waals surface area contributed by atoms with Crippen LogP contribution in [0.4, 0.5) is 0 Å². The number of carbonyl (C=O) groups is 1. The number of aromatic nitrogens is 4. The summed E-state index contributed by atoms with van der Waals surface area (Å²) in [5.41, 5.74) is 1.66. The van der Waals surface area contributed by atoms with Crippen molar-refractivity contribution in [1.82, 2.24) is 19.7 Å². The van der Waals surface area contributed by atoms with Crippen molar-refractivity contribution in [1.29, 1.82) is 0 Å². The van der Waals surface area contributed by atoms with Gasteiger partial charge in [-0.25, -0.2) is 0 Å². The Morgan fingerprint density at radius 1 is 1.17 bits per heavy atom. The van der Waals surface area contributed by atoms with E-state index in [0.717, 1.165) is 28.8 Å². The van der Waals surface area contributed by atoms with E-state index < -0.39 is 5.97 Å². The number of ether oxygens (including phenoxy) is 1. The molecule has 0 saturated carbocycles. The van der Waals surface area contributed by atoms with Crippen molar-refractivity contribution in [3.05, 3.63) is 48.8 Å². The van der Waals surface area contributed by atoms with Crippen LogP contribution in [0.15, 0.2) is 53.9 Å². The SMILES string of the molecule is COc1ccc(-n2c(SCC(=O)O)nnc2-c2ccncc2)cc1. The number of benzene rings is 1. The van der Waals surface area contributed by atoms with E-state index in [1.165, 1.54) is 0 Å². The number of rotatable bonds is 6. The average molecular weight is 342 g/mol. The Morgan fingerprint density at radius 3 is 2.50 bits per heavy atom. The van der Waals surface area contributed by atoms with Crippen molar-refractivity contribution < 1.29 is 14.6 Å². The molecule has 3 rings (SSSR count). The Balaban J connectivity index is 2.08. The fourth-order valence-electron chi connectivity index (χ4n) is 2.14. The van der Waals surface area contributed by atoms with E-state index in [4.69, 9.17) is 9.84 Å². The monoisotopic (exact) mass is 342 g/mol. The minimum atomic E-state index is -0.908. The van der Waals surface area contributed by atoms with Crippen LogP contribution in [0.2, 0.25) is 0 Å². The van der Waals surface area contributed by atoms with Gasteiger partial charge in [-0.15, -0.1) is 10.2 Å². The quantitative estimate of drug-likeness (QED) is 0.688. The van der Waals surface area contributed by atoms with Crippen molar-refractivity contribution in [2.45, 2.75) is 5.16 Å². The summed E-state index contributed by atoms with van der Waals surface area (Å²) in [5.74, 6) is 0.354. The lowest BCUT2D eigenvalue weighted by Gasteiger charge is -2.10. The van der Waals surface area contributed by atoms with Gasteiger partial charge in [0.25, 0.3) is 0 Å². The standard InChI is InChI=1S/C16H14N4O3S/c1-23-13-4-2-12(3-5-13)20-15(11-6-8-17-9-7-11)18-19-16(20)24-10-14(21)22/h2-9H,10H2,1H3,(H,21,22). The fourth-order valence-corrected chi connectivity index (χ4v) is 2.81.